The number of amides is 1. The first-order valence-electron chi connectivity index (χ1n) is 9.87. The minimum atomic E-state index is -0.0515. The Bertz CT molecular complexity index is 947. The van der Waals surface area contributed by atoms with Crippen molar-refractivity contribution in [2.75, 3.05) is 5.75 Å². The Hall–Kier alpha value is -1.60. The maximum Gasteiger partial charge on any atom is 0.263 e. The van der Waals surface area contributed by atoms with Crippen LogP contribution in [0.15, 0.2) is 22.6 Å². The zero-order chi connectivity index (χ0) is 20.4. The molecule has 0 aromatic carbocycles. The molecule has 152 valence electrons. The number of allylic oxidation sites excluding steroid dienone is 1. The lowest BCUT2D eigenvalue weighted by Gasteiger charge is -2.34. The summed E-state index contributed by atoms with van der Waals surface area (Å²) in [6.07, 6.45) is 5.14. The molecule has 0 radical (unpaired) electrons. The summed E-state index contributed by atoms with van der Waals surface area (Å²) in [7, 11) is 0. The standard InChI is InChI=1S/C21H29N3O2S2/c1-6-10-24-20(26)18-14(4)15(5)28-19(18)23-21(24)27-11-17(25)22-16-9-7-8-12(2)13(16)3/h6,12-13,16H,1,7-11H2,2-5H3,(H,22,25)/t12-,13-,16-/m1/s1. The Morgan fingerprint density at radius 1 is 1.39 bits per heavy atom. The number of hydrogen-bond donors (Lipinski definition) is 1. The van der Waals surface area contributed by atoms with E-state index < -0.39 is 0 Å². The lowest BCUT2D eigenvalue weighted by atomic mass is 9.78. The molecule has 1 aliphatic carbocycles. The molecule has 2 aromatic heterocycles. The first kappa shape index (κ1) is 21.1. The summed E-state index contributed by atoms with van der Waals surface area (Å²) in [6, 6.07) is 0.241. The molecule has 3 atom stereocenters. The second kappa shape index (κ2) is 8.82. The van der Waals surface area contributed by atoms with Gasteiger partial charge in [-0.05, 0) is 37.7 Å². The second-order valence-corrected chi connectivity index (χ2v) is 9.94. The Morgan fingerprint density at radius 3 is 2.86 bits per heavy atom. The van der Waals surface area contributed by atoms with E-state index in [4.69, 9.17) is 4.98 Å². The van der Waals surface area contributed by atoms with Gasteiger partial charge in [0.25, 0.3) is 5.56 Å². The van der Waals surface area contributed by atoms with Crippen LogP contribution in [-0.4, -0.2) is 27.3 Å². The van der Waals surface area contributed by atoms with Crippen molar-refractivity contribution in [3.05, 3.63) is 33.4 Å². The molecule has 1 amide bonds. The molecule has 5 nitrogen and oxygen atoms in total. The Balaban J connectivity index is 1.78. The van der Waals surface area contributed by atoms with Gasteiger partial charge in [0.2, 0.25) is 5.91 Å². The first-order chi connectivity index (χ1) is 13.3. The summed E-state index contributed by atoms with van der Waals surface area (Å²) >= 11 is 2.86. The predicted octanol–water partition coefficient (Wildman–Crippen LogP) is 4.29. The maximum absolute atomic E-state index is 13.0. The molecule has 0 saturated heterocycles. The van der Waals surface area contributed by atoms with Crippen LogP contribution in [0.3, 0.4) is 0 Å². The van der Waals surface area contributed by atoms with Gasteiger partial charge in [-0.3, -0.25) is 14.2 Å². The molecule has 0 unspecified atom stereocenters. The van der Waals surface area contributed by atoms with Gasteiger partial charge < -0.3 is 5.32 Å². The van der Waals surface area contributed by atoms with Gasteiger partial charge in [-0.2, -0.15) is 0 Å². The van der Waals surface area contributed by atoms with E-state index in [2.05, 4.69) is 25.7 Å². The Labute approximate surface area is 174 Å². The van der Waals surface area contributed by atoms with E-state index >= 15 is 0 Å². The molecule has 2 heterocycles. The Morgan fingerprint density at radius 2 is 2.14 bits per heavy atom. The van der Waals surface area contributed by atoms with Crippen molar-refractivity contribution in [3.8, 4) is 0 Å². The molecule has 28 heavy (non-hydrogen) atoms. The predicted molar refractivity (Wildman–Crippen MR) is 118 cm³/mol. The number of aromatic nitrogens is 2. The largest absolute Gasteiger partial charge is 0.352 e. The Kier molecular flexibility index (Phi) is 6.65. The van der Waals surface area contributed by atoms with Crippen molar-refractivity contribution < 1.29 is 4.79 Å². The van der Waals surface area contributed by atoms with E-state index in [0.717, 1.165) is 28.1 Å². The van der Waals surface area contributed by atoms with Crippen LogP contribution in [0.5, 0.6) is 0 Å². The quantitative estimate of drug-likeness (QED) is 0.431. The lowest BCUT2D eigenvalue weighted by Crippen LogP contribution is -2.44. The normalized spacial score (nSPS) is 22.4. The summed E-state index contributed by atoms with van der Waals surface area (Å²) in [5.74, 6) is 1.40. The number of hydrogen-bond acceptors (Lipinski definition) is 5. The number of nitrogens with zero attached hydrogens (tertiary/aromatic N) is 2. The molecule has 0 spiro atoms. The van der Waals surface area contributed by atoms with Crippen LogP contribution in [-0.2, 0) is 11.3 Å². The number of fused-ring (bicyclic) bond motifs is 1. The number of aryl methyl sites for hydroxylation is 2. The molecule has 0 bridgehead atoms. The maximum atomic E-state index is 13.0. The number of rotatable bonds is 6. The van der Waals surface area contributed by atoms with E-state index in [-0.39, 0.29) is 23.3 Å². The molecule has 1 N–H and O–H groups in total. The highest BCUT2D eigenvalue weighted by atomic mass is 32.2. The third-order valence-electron chi connectivity index (χ3n) is 5.95. The smallest absolute Gasteiger partial charge is 0.263 e. The van der Waals surface area contributed by atoms with Crippen LogP contribution in [0, 0.1) is 25.7 Å². The van der Waals surface area contributed by atoms with Gasteiger partial charge in [-0.1, -0.05) is 44.5 Å². The first-order valence-corrected chi connectivity index (χ1v) is 11.7. The molecule has 7 heteroatoms. The number of thiophene rings is 1. The summed E-state index contributed by atoms with van der Waals surface area (Å²) in [5.41, 5.74) is 0.939. The third-order valence-corrected chi connectivity index (χ3v) is 8.03. The topological polar surface area (TPSA) is 64.0 Å². The SMILES string of the molecule is C=CCn1c(SCC(=O)N[C@@H]2CCC[C@@H](C)[C@H]2C)nc2sc(C)c(C)c2c1=O. The van der Waals surface area contributed by atoms with Crippen molar-refractivity contribution in [1.82, 2.24) is 14.9 Å². The van der Waals surface area contributed by atoms with Crippen LogP contribution in [0.1, 0.15) is 43.6 Å². The average molecular weight is 420 g/mol. The summed E-state index contributed by atoms with van der Waals surface area (Å²) in [5, 5.41) is 4.46. The second-order valence-electron chi connectivity index (χ2n) is 7.79. The third kappa shape index (κ3) is 4.20. The molecule has 2 aromatic rings. The highest BCUT2D eigenvalue weighted by Gasteiger charge is 2.28. The summed E-state index contributed by atoms with van der Waals surface area (Å²) < 4.78 is 1.62. The van der Waals surface area contributed by atoms with Crippen molar-refractivity contribution >= 4 is 39.2 Å². The van der Waals surface area contributed by atoms with Gasteiger partial charge in [0.1, 0.15) is 4.83 Å². The lowest BCUT2D eigenvalue weighted by molar-refractivity contribution is -0.120. The molecular weight excluding hydrogens is 390 g/mol. The van der Waals surface area contributed by atoms with Crippen molar-refractivity contribution in [2.24, 2.45) is 11.8 Å². The van der Waals surface area contributed by atoms with Crippen LogP contribution < -0.4 is 10.9 Å². The van der Waals surface area contributed by atoms with Crippen LogP contribution in [0.2, 0.25) is 0 Å². The van der Waals surface area contributed by atoms with Gasteiger partial charge in [0.15, 0.2) is 5.16 Å². The zero-order valence-electron chi connectivity index (χ0n) is 17.1. The van der Waals surface area contributed by atoms with Crippen molar-refractivity contribution in [3.63, 3.8) is 0 Å². The van der Waals surface area contributed by atoms with Gasteiger partial charge in [-0.15, -0.1) is 17.9 Å². The minimum Gasteiger partial charge on any atom is -0.352 e. The highest BCUT2D eigenvalue weighted by Crippen LogP contribution is 2.30. The molecule has 1 aliphatic rings. The number of carbonyl (C=O) groups is 1. The average Bonchev–Trinajstić information content (AvgIpc) is 2.94. The van der Waals surface area contributed by atoms with E-state index in [9.17, 15) is 9.59 Å². The number of thioether (sulfide) groups is 1. The minimum absolute atomic E-state index is 0.00832. The van der Waals surface area contributed by atoms with Gasteiger partial charge in [0, 0.05) is 17.5 Å². The van der Waals surface area contributed by atoms with Crippen LogP contribution >= 0.6 is 23.1 Å². The van der Waals surface area contributed by atoms with E-state index in [1.54, 1.807) is 10.6 Å². The molecular formula is C21H29N3O2S2. The fourth-order valence-electron chi connectivity index (χ4n) is 3.87. The van der Waals surface area contributed by atoms with Crippen LogP contribution in [0.25, 0.3) is 10.2 Å². The number of carbonyl (C=O) groups excluding carboxylic acids is 1. The van der Waals surface area contributed by atoms with E-state index in [1.165, 1.54) is 29.5 Å². The van der Waals surface area contributed by atoms with Gasteiger partial charge in [0.05, 0.1) is 11.1 Å². The molecule has 1 fully saturated rings. The molecule has 3 rings (SSSR count). The fourth-order valence-corrected chi connectivity index (χ4v) is 5.76. The fraction of sp³-hybridized carbons (Fsp3) is 0.571. The summed E-state index contributed by atoms with van der Waals surface area (Å²) in [4.78, 5) is 32.1. The number of nitrogens with one attached hydrogen (secondary N) is 1. The monoisotopic (exact) mass is 419 g/mol. The van der Waals surface area contributed by atoms with Crippen molar-refractivity contribution in [2.45, 2.75) is 64.7 Å². The highest BCUT2D eigenvalue weighted by molar-refractivity contribution is 7.99. The summed E-state index contributed by atoms with van der Waals surface area (Å²) in [6.45, 7) is 12.6. The van der Waals surface area contributed by atoms with E-state index in [1.807, 2.05) is 13.8 Å². The van der Waals surface area contributed by atoms with Crippen molar-refractivity contribution in [1.29, 1.82) is 0 Å². The zero-order valence-corrected chi connectivity index (χ0v) is 18.7. The van der Waals surface area contributed by atoms with Gasteiger partial charge in [-0.25, -0.2) is 4.98 Å². The molecule has 1 saturated carbocycles. The van der Waals surface area contributed by atoms with Gasteiger partial charge >= 0.3 is 0 Å². The van der Waals surface area contributed by atoms with E-state index in [0.29, 0.717) is 28.9 Å². The van der Waals surface area contributed by atoms with Crippen LogP contribution in [0.4, 0.5) is 0 Å². The molecule has 0 aliphatic heterocycles.